The predicted octanol–water partition coefficient (Wildman–Crippen LogP) is 3.07. The summed E-state index contributed by atoms with van der Waals surface area (Å²) < 4.78 is 0. The number of nitrogens with one attached hydrogen (secondary N) is 1. The lowest BCUT2D eigenvalue weighted by molar-refractivity contribution is 0.899. The molecule has 84 valence electrons. The molecule has 1 N–H and O–H groups in total. The summed E-state index contributed by atoms with van der Waals surface area (Å²) in [6.45, 7) is 4.14. The molecule has 6 heteroatoms. The van der Waals surface area contributed by atoms with Crippen LogP contribution >= 0.6 is 22.9 Å². The second-order valence-corrected chi connectivity index (χ2v) is 4.82. The second-order valence-electron chi connectivity index (χ2n) is 3.60. The summed E-state index contributed by atoms with van der Waals surface area (Å²) in [6.07, 6.45) is 1.72. The van der Waals surface area contributed by atoms with Gasteiger partial charge in [0.1, 0.15) is 10.7 Å². The zero-order valence-electron chi connectivity index (χ0n) is 8.94. The average Bonchev–Trinajstić information content (AvgIpc) is 2.69. The van der Waals surface area contributed by atoms with E-state index in [4.69, 9.17) is 11.6 Å². The lowest BCUT2D eigenvalue weighted by Crippen LogP contribution is -2.10. The first kappa shape index (κ1) is 11.3. The van der Waals surface area contributed by atoms with Gasteiger partial charge in [-0.15, -0.1) is 10.2 Å². The topological polar surface area (TPSA) is 50.7 Å². The minimum atomic E-state index is 0.324. The van der Waals surface area contributed by atoms with Gasteiger partial charge in [-0.05, 0) is 19.9 Å². The molecule has 0 aliphatic rings. The highest BCUT2D eigenvalue weighted by Crippen LogP contribution is 2.30. The molecule has 0 spiro atoms. The lowest BCUT2D eigenvalue weighted by Gasteiger charge is -2.13. The summed E-state index contributed by atoms with van der Waals surface area (Å²) in [5, 5.41) is 12.5. The van der Waals surface area contributed by atoms with E-state index in [1.807, 2.05) is 0 Å². The van der Waals surface area contributed by atoms with Gasteiger partial charge in [0.25, 0.3) is 0 Å². The fourth-order valence-corrected chi connectivity index (χ4v) is 2.06. The zero-order chi connectivity index (χ0) is 11.5. The van der Waals surface area contributed by atoms with Crippen molar-refractivity contribution in [2.24, 2.45) is 0 Å². The maximum Gasteiger partial charge on any atom is 0.151 e. The average molecular weight is 255 g/mol. The Bertz CT molecular complexity index is 470. The minimum Gasteiger partial charge on any atom is -0.382 e. The third-order valence-electron chi connectivity index (χ3n) is 1.91. The van der Waals surface area contributed by atoms with E-state index in [-0.39, 0.29) is 0 Å². The maximum absolute atomic E-state index is 5.88. The number of hydrogen-bond acceptors (Lipinski definition) is 5. The summed E-state index contributed by atoms with van der Waals surface area (Å²) in [4.78, 5) is 4.07. The van der Waals surface area contributed by atoms with Crippen molar-refractivity contribution in [3.63, 3.8) is 0 Å². The quantitative estimate of drug-likeness (QED) is 0.856. The van der Waals surface area contributed by atoms with Crippen LogP contribution in [0.2, 0.25) is 5.15 Å². The molecular formula is C10H11ClN4S. The zero-order valence-corrected chi connectivity index (χ0v) is 10.5. The number of pyridine rings is 1. The van der Waals surface area contributed by atoms with Crippen molar-refractivity contribution in [2.45, 2.75) is 19.9 Å². The molecule has 0 saturated carbocycles. The van der Waals surface area contributed by atoms with Gasteiger partial charge in [-0.3, -0.25) is 0 Å². The highest BCUT2D eigenvalue weighted by Gasteiger charge is 2.10. The number of hydrogen-bond donors (Lipinski definition) is 1. The second kappa shape index (κ2) is 4.76. The van der Waals surface area contributed by atoms with Crippen molar-refractivity contribution in [1.82, 2.24) is 15.2 Å². The highest BCUT2D eigenvalue weighted by molar-refractivity contribution is 7.12. The normalized spacial score (nSPS) is 10.8. The van der Waals surface area contributed by atoms with Crippen LogP contribution in [-0.4, -0.2) is 21.2 Å². The Balaban J connectivity index is 2.44. The van der Waals surface area contributed by atoms with E-state index in [0.717, 1.165) is 16.3 Å². The third kappa shape index (κ3) is 2.48. The predicted molar refractivity (Wildman–Crippen MR) is 66.9 cm³/mol. The summed E-state index contributed by atoms with van der Waals surface area (Å²) in [5.74, 6) is 0. The molecule has 0 aliphatic heterocycles. The largest absolute Gasteiger partial charge is 0.382 e. The van der Waals surface area contributed by atoms with Gasteiger partial charge in [0, 0.05) is 17.9 Å². The molecule has 0 atom stereocenters. The molecule has 2 rings (SSSR count). The first-order valence-electron chi connectivity index (χ1n) is 4.85. The monoisotopic (exact) mass is 254 g/mol. The van der Waals surface area contributed by atoms with Gasteiger partial charge in [-0.25, -0.2) is 4.98 Å². The smallest absolute Gasteiger partial charge is 0.151 e. The molecule has 0 radical (unpaired) electrons. The molecule has 0 fully saturated rings. The van der Waals surface area contributed by atoms with Crippen molar-refractivity contribution < 1.29 is 0 Å². The fourth-order valence-electron chi connectivity index (χ4n) is 1.32. The van der Waals surface area contributed by atoms with E-state index in [1.165, 1.54) is 11.3 Å². The van der Waals surface area contributed by atoms with Crippen LogP contribution in [0, 0.1) is 0 Å². The molecule has 0 saturated heterocycles. The molecule has 0 aromatic carbocycles. The molecule has 2 aromatic heterocycles. The molecule has 0 unspecified atom stereocenters. The summed E-state index contributed by atoms with van der Waals surface area (Å²) in [5.41, 5.74) is 3.57. The van der Waals surface area contributed by atoms with Crippen molar-refractivity contribution in [3.05, 3.63) is 22.9 Å². The summed E-state index contributed by atoms with van der Waals surface area (Å²) in [6, 6.07) is 2.13. The van der Waals surface area contributed by atoms with Crippen molar-refractivity contribution >= 4 is 28.6 Å². The molecule has 4 nitrogen and oxygen atoms in total. The minimum absolute atomic E-state index is 0.324. The molecule has 16 heavy (non-hydrogen) atoms. The number of aromatic nitrogens is 3. The molecular weight excluding hydrogens is 244 g/mol. The lowest BCUT2D eigenvalue weighted by atomic mass is 10.2. The molecule has 0 aliphatic carbocycles. The molecule has 0 amide bonds. The molecule has 2 aromatic rings. The van der Waals surface area contributed by atoms with Gasteiger partial charge in [-0.1, -0.05) is 22.9 Å². The Labute approximate surface area is 103 Å². The number of anilines is 1. The Morgan fingerprint density at radius 2 is 2.25 bits per heavy atom. The summed E-state index contributed by atoms with van der Waals surface area (Å²) >= 11 is 7.36. The Kier molecular flexibility index (Phi) is 3.36. The summed E-state index contributed by atoms with van der Waals surface area (Å²) in [7, 11) is 0. The fraction of sp³-hybridized carbons (Fsp3) is 0.300. The van der Waals surface area contributed by atoms with Crippen molar-refractivity contribution in [3.8, 4) is 10.6 Å². The van der Waals surface area contributed by atoms with Crippen LogP contribution < -0.4 is 5.32 Å². The van der Waals surface area contributed by atoms with Crippen LogP contribution in [0.4, 0.5) is 5.69 Å². The number of halogens is 1. The SMILES string of the molecule is CC(C)Nc1cc(Cl)ncc1-c1nncs1. The molecule has 2 heterocycles. The first-order chi connectivity index (χ1) is 7.66. The Morgan fingerprint density at radius 1 is 1.44 bits per heavy atom. The van der Waals surface area contributed by atoms with E-state index in [2.05, 4.69) is 34.3 Å². The van der Waals surface area contributed by atoms with E-state index < -0.39 is 0 Å². The third-order valence-corrected chi connectivity index (χ3v) is 2.84. The number of nitrogens with zero attached hydrogens (tertiary/aromatic N) is 3. The van der Waals surface area contributed by atoms with E-state index in [0.29, 0.717) is 11.2 Å². The Morgan fingerprint density at radius 3 is 2.88 bits per heavy atom. The van der Waals surface area contributed by atoms with Crippen LogP contribution in [0.25, 0.3) is 10.6 Å². The van der Waals surface area contributed by atoms with Crippen LogP contribution in [-0.2, 0) is 0 Å². The van der Waals surface area contributed by atoms with E-state index in [1.54, 1.807) is 17.8 Å². The maximum atomic E-state index is 5.88. The van der Waals surface area contributed by atoms with E-state index >= 15 is 0 Å². The van der Waals surface area contributed by atoms with Crippen LogP contribution in [0.5, 0.6) is 0 Å². The Hall–Kier alpha value is -1.20. The van der Waals surface area contributed by atoms with Gasteiger partial charge in [0.15, 0.2) is 5.01 Å². The highest BCUT2D eigenvalue weighted by atomic mass is 35.5. The van der Waals surface area contributed by atoms with E-state index in [9.17, 15) is 0 Å². The van der Waals surface area contributed by atoms with Gasteiger partial charge < -0.3 is 5.32 Å². The van der Waals surface area contributed by atoms with Gasteiger partial charge in [0.2, 0.25) is 0 Å². The van der Waals surface area contributed by atoms with Crippen molar-refractivity contribution in [1.29, 1.82) is 0 Å². The van der Waals surface area contributed by atoms with Crippen LogP contribution in [0.15, 0.2) is 17.8 Å². The first-order valence-corrected chi connectivity index (χ1v) is 6.11. The molecule has 0 bridgehead atoms. The van der Waals surface area contributed by atoms with Crippen LogP contribution in [0.3, 0.4) is 0 Å². The standard InChI is InChI=1S/C10H11ClN4S/c1-6(2)14-8-3-9(11)12-4-7(8)10-15-13-5-16-10/h3-6H,1-2H3,(H,12,14). The van der Waals surface area contributed by atoms with Gasteiger partial charge in [-0.2, -0.15) is 0 Å². The van der Waals surface area contributed by atoms with Gasteiger partial charge >= 0.3 is 0 Å². The van der Waals surface area contributed by atoms with Crippen molar-refractivity contribution in [2.75, 3.05) is 5.32 Å². The van der Waals surface area contributed by atoms with Gasteiger partial charge in [0.05, 0.1) is 5.56 Å². The van der Waals surface area contributed by atoms with Crippen LogP contribution in [0.1, 0.15) is 13.8 Å². The number of rotatable bonds is 3.